The Bertz CT molecular complexity index is 941. The molecule has 2 aromatic heterocycles. The van der Waals surface area contributed by atoms with Gasteiger partial charge in [-0.15, -0.1) is 0 Å². The third kappa shape index (κ3) is 2.30. The van der Waals surface area contributed by atoms with Crippen LogP contribution in [-0.2, 0) is 0 Å². The molecule has 0 saturated heterocycles. The average Bonchev–Trinajstić information content (AvgIpc) is 3.30. The Morgan fingerprint density at radius 1 is 1.22 bits per heavy atom. The van der Waals surface area contributed by atoms with E-state index in [1.807, 2.05) is 17.6 Å². The summed E-state index contributed by atoms with van der Waals surface area (Å²) in [6.07, 6.45) is 3.62. The minimum atomic E-state index is -0.889. The summed E-state index contributed by atoms with van der Waals surface area (Å²) in [6.45, 7) is 5.72. The van der Waals surface area contributed by atoms with Gasteiger partial charge >= 0.3 is 0 Å². The van der Waals surface area contributed by atoms with Gasteiger partial charge in [0.15, 0.2) is 11.6 Å². The molecule has 1 aliphatic carbocycles. The Morgan fingerprint density at radius 2 is 1.96 bits per heavy atom. The summed E-state index contributed by atoms with van der Waals surface area (Å²) < 4.78 is 29.1. The smallest absolute Gasteiger partial charge is 0.161 e. The molecule has 0 atom stereocenters. The highest BCUT2D eigenvalue weighted by Crippen LogP contribution is 2.41. The van der Waals surface area contributed by atoms with Crippen LogP contribution in [-0.4, -0.2) is 19.7 Å². The number of halogens is 2. The molecule has 6 heteroatoms. The fourth-order valence-electron chi connectivity index (χ4n) is 2.69. The van der Waals surface area contributed by atoms with Crippen molar-refractivity contribution in [2.45, 2.75) is 25.8 Å². The molecule has 4 nitrogen and oxygen atoms in total. The average molecular weight is 312 g/mol. The van der Waals surface area contributed by atoms with E-state index < -0.39 is 11.6 Å². The van der Waals surface area contributed by atoms with Gasteiger partial charge in [0.25, 0.3) is 0 Å². The zero-order valence-corrected chi connectivity index (χ0v) is 12.6. The minimum absolute atomic E-state index is 0.265. The predicted molar refractivity (Wildman–Crippen MR) is 83.7 cm³/mol. The normalized spacial score (nSPS) is 14.4. The molecule has 1 fully saturated rings. The number of benzene rings is 1. The van der Waals surface area contributed by atoms with Gasteiger partial charge in [0, 0.05) is 23.7 Å². The summed E-state index contributed by atoms with van der Waals surface area (Å²) in [5, 5.41) is 8.03. The van der Waals surface area contributed by atoms with E-state index in [-0.39, 0.29) is 6.04 Å². The molecule has 1 aliphatic rings. The Labute approximate surface area is 131 Å². The van der Waals surface area contributed by atoms with Crippen LogP contribution in [0.25, 0.3) is 28.0 Å². The van der Waals surface area contributed by atoms with Crippen LogP contribution in [0.2, 0.25) is 0 Å². The maximum Gasteiger partial charge on any atom is 0.161 e. The lowest BCUT2D eigenvalue weighted by Gasteiger charge is -2.08. The first-order valence-corrected chi connectivity index (χ1v) is 7.40. The molecule has 0 radical (unpaired) electrons. The van der Waals surface area contributed by atoms with E-state index in [0.717, 1.165) is 30.0 Å². The van der Waals surface area contributed by atoms with Crippen LogP contribution in [0.1, 0.15) is 31.5 Å². The van der Waals surface area contributed by atoms with E-state index in [1.165, 1.54) is 6.07 Å². The summed E-state index contributed by atoms with van der Waals surface area (Å²) >= 11 is 0. The SMILES string of the molecule is C=C(C)c1cc(-c2nc3cc(F)c(F)cc3n2C2CC2)cnn1. The van der Waals surface area contributed by atoms with Crippen molar-refractivity contribution < 1.29 is 8.78 Å². The third-order valence-corrected chi connectivity index (χ3v) is 3.99. The lowest BCUT2D eigenvalue weighted by molar-refractivity contribution is 0.510. The summed E-state index contributed by atoms with van der Waals surface area (Å²) in [4.78, 5) is 4.51. The quantitative estimate of drug-likeness (QED) is 0.730. The second-order valence-corrected chi connectivity index (χ2v) is 5.90. The number of nitrogens with zero attached hydrogens (tertiary/aromatic N) is 4. The zero-order valence-electron chi connectivity index (χ0n) is 12.6. The largest absolute Gasteiger partial charge is 0.321 e. The van der Waals surface area contributed by atoms with Gasteiger partial charge in [-0.1, -0.05) is 6.58 Å². The van der Waals surface area contributed by atoms with Gasteiger partial charge < -0.3 is 4.57 Å². The van der Waals surface area contributed by atoms with Crippen molar-refractivity contribution >= 4 is 16.6 Å². The topological polar surface area (TPSA) is 43.6 Å². The highest BCUT2D eigenvalue weighted by molar-refractivity contribution is 5.81. The third-order valence-electron chi connectivity index (χ3n) is 3.99. The lowest BCUT2D eigenvalue weighted by atomic mass is 10.2. The van der Waals surface area contributed by atoms with E-state index >= 15 is 0 Å². The Hall–Kier alpha value is -2.63. The number of hydrogen-bond donors (Lipinski definition) is 0. The van der Waals surface area contributed by atoms with Crippen molar-refractivity contribution in [3.8, 4) is 11.4 Å². The fourth-order valence-corrected chi connectivity index (χ4v) is 2.69. The summed E-state index contributed by atoms with van der Waals surface area (Å²) in [5.41, 5.74) is 3.29. The van der Waals surface area contributed by atoms with Crippen LogP contribution in [0, 0.1) is 11.6 Å². The van der Waals surface area contributed by atoms with Crippen molar-refractivity contribution in [1.82, 2.24) is 19.7 Å². The second-order valence-electron chi connectivity index (χ2n) is 5.90. The van der Waals surface area contributed by atoms with Crippen molar-refractivity contribution in [3.05, 3.63) is 48.3 Å². The number of allylic oxidation sites excluding steroid dienone is 1. The van der Waals surface area contributed by atoms with Crippen LogP contribution < -0.4 is 0 Å². The van der Waals surface area contributed by atoms with E-state index in [2.05, 4.69) is 21.8 Å². The standard InChI is InChI=1S/C17H14F2N4/c1-9(2)14-5-10(8-20-22-14)17-21-15-6-12(18)13(19)7-16(15)23(17)11-3-4-11/h5-8,11H,1,3-4H2,2H3. The predicted octanol–water partition coefficient (Wildman–Crippen LogP) is 4.14. The van der Waals surface area contributed by atoms with E-state index in [0.29, 0.717) is 22.6 Å². The Morgan fingerprint density at radius 3 is 2.65 bits per heavy atom. The number of rotatable bonds is 3. The van der Waals surface area contributed by atoms with Gasteiger partial charge in [0.1, 0.15) is 5.82 Å². The highest BCUT2D eigenvalue weighted by Gasteiger charge is 2.29. The second kappa shape index (κ2) is 4.94. The van der Waals surface area contributed by atoms with Crippen LogP contribution in [0.3, 0.4) is 0 Å². The molecular formula is C17H14F2N4. The zero-order chi connectivity index (χ0) is 16.1. The molecule has 0 amide bonds. The first kappa shape index (κ1) is 14.0. The van der Waals surface area contributed by atoms with Crippen LogP contribution in [0.15, 0.2) is 31.0 Å². The van der Waals surface area contributed by atoms with E-state index in [1.54, 1.807) is 6.20 Å². The number of aromatic nitrogens is 4. The van der Waals surface area contributed by atoms with Crippen LogP contribution in [0.4, 0.5) is 8.78 Å². The van der Waals surface area contributed by atoms with Crippen molar-refractivity contribution in [1.29, 1.82) is 0 Å². The maximum absolute atomic E-state index is 13.6. The number of hydrogen-bond acceptors (Lipinski definition) is 3. The molecular weight excluding hydrogens is 298 g/mol. The lowest BCUT2D eigenvalue weighted by Crippen LogP contribution is -1.99. The molecule has 0 aliphatic heterocycles. The summed E-state index contributed by atoms with van der Waals surface area (Å²) in [7, 11) is 0. The van der Waals surface area contributed by atoms with Gasteiger partial charge in [0.2, 0.25) is 0 Å². The number of fused-ring (bicyclic) bond motifs is 1. The molecule has 116 valence electrons. The molecule has 0 bridgehead atoms. The van der Waals surface area contributed by atoms with Crippen molar-refractivity contribution in [2.75, 3.05) is 0 Å². The molecule has 1 saturated carbocycles. The summed E-state index contributed by atoms with van der Waals surface area (Å²) in [5.74, 6) is -1.09. The van der Waals surface area contributed by atoms with E-state index in [4.69, 9.17) is 0 Å². The van der Waals surface area contributed by atoms with Gasteiger partial charge in [-0.2, -0.15) is 10.2 Å². The molecule has 23 heavy (non-hydrogen) atoms. The van der Waals surface area contributed by atoms with Gasteiger partial charge in [0.05, 0.1) is 22.9 Å². The van der Waals surface area contributed by atoms with E-state index in [9.17, 15) is 8.78 Å². The van der Waals surface area contributed by atoms with Crippen LogP contribution in [0.5, 0.6) is 0 Å². The first-order valence-electron chi connectivity index (χ1n) is 7.40. The molecule has 0 N–H and O–H groups in total. The maximum atomic E-state index is 13.6. The first-order chi connectivity index (χ1) is 11.0. The molecule has 3 aromatic rings. The van der Waals surface area contributed by atoms with Crippen molar-refractivity contribution in [3.63, 3.8) is 0 Å². The molecule has 1 aromatic carbocycles. The minimum Gasteiger partial charge on any atom is -0.321 e. The summed E-state index contributed by atoms with van der Waals surface area (Å²) in [6, 6.07) is 4.47. The van der Waals surface area contributed by atoms with Crippen molar-refractivity contribution in [2.24, 2.45) is 0 Å². The van der Waals surface area contributed by atoms with Crippen LogP contribution >= 0.6 is 0 Å². The van der Waals surface area contributed by atoms with Gasteiger partial charge in [-0.3, -0.25) is 0 Å². The Balaban J connectivity index is 1.98. The molecule has 0 spiro atoms. The highest BCUT2D eigenvalue weighted by atomic mass is 19.2. The van der Waals surface area contributed by atoms with Gasteiger partial charge in [-0.05, 0) is 31.4 Å². The molecule has 4 rings (SSSR count). The Kier molecular flexibility index (Phi) is 3.01. The fraction of sp³-hybridized carbons (Fsp3) is 0.235. The molecule has 0 unspecified atom stereocenters. The monoisotopic (exact) mass is 312 g/mol. The number of imidazole rings is 1. The van der Waals surface area contributed by atoms with Gasteiger partial charge in [-0.25, -0.2) is 13.8 Å². The molecule has 2 heterocycles.